The average molecular weight is 311 g/mol. The van der Waals surface area contributed by atoms with Crippen LogP contribution in [0.5, 0.6) is 0 Å². The van der Waals surface area contributed by atoms with Gasteiger partial charge in [0, 0.05) is 17.1 Å². The normalized spacial score (nSPS) is 28.6. The molecule has 1 aromatic rings. The summed E-state index contributed by atoms with van der Waals surface area (Å²) in [6.45, 7) is 3.75. The highest BCUT2D eigenvalue weighted by Gasteiger charge is 2.53. The van der Waals surface area contributed by atoms with Crippen molar-refractivity contribution in [1.29, 1.82) is 0 Å². The number of aliphatic hydroxyl groups is 1. The third-order valence-electron chi connectivity index (χ3n) is 4.00. The summed E-state index contributed by atoms with van der Waals surface area (Å²) in [7, 11) is 0. The quantitative estimate of drug-likeness (QED) is 0.925. The maximum atomic E-state index is 11.4. The highest BCUT2D eigenvalue weighted by atomic mass is 35.5. The maximum absolute atomic E-state index is 11.4. The van der Waals surface area contributed by atoms with Gasteiger partial charge in [-0.15, -0.1) is 0 Å². The molecular formula is C15H19ClN2OS. The minimum atomic E-state index is -0.945. The Balaban J connectivity index is 1.96. The van der Waals surface area contributed by atoms with Crippen molar-refractivity contribution in [2.45, 2.75) is 37.2 Å². The van der Waals surface area contributed by atoms with E-state index in [2.05, 4.69) is 16.8 Å². The number of hydrogen-bond donors (Lipinski definition) is 1. The minimum absolute atomic E-state index is 0.141. The monoisotopic (exact) mass is 310 g/mol. The molecule has 1 aromatic carbocycles. The van der Waals surface area contributed by atoms with Crippen LogP contribution < -0.4 is 0 Å². The second-order valence-electron chi connectivity index (χ2n) is 5.30. The lowest BCUT2D eigenvalue weighted by atomic mass is 9.94. The molecule has 3 nitrogen and oxygen atoms in total. The van der Waals surface area contributed by atoms with E-state index in [1.807, 2.05) is 24.3 Å². The predicted octanol–water partition coefficient (Wildman–Crippen LogP) is 3.46. The van der Waals surface area contributed by atoms with Gasteiger partial charge in [0.25, 0.3) is 0 Å². The van der Waals surface area contributed by atoms with Gasteiger partial charge in [0.2, 0.25) is 0 Å². The Hall–Kier alpha value is -0.710. The van der Waals surface area contributed by atoms with E-state index in [1.165, 1.54) is 0 Å². The van der Waals surface area contributed by atoms with Crippen molar-refractivity contribution in [3.63, 3.8) is 0 Å². The zero-order valence-corrected chi connectivity index (χ0v) is 13.1. The highest BCUT2D eigenvalue weighted by molar-refractivity contribution is 8.14. The molecule has 2 unspecified atom stereocenters. The number of fused-ring (bicyclic) bond motifs is 1. The molecule has 0 aliphatic carbocycles. The Kier molecular flexibility index (Phi) is 3.98. The zero-order chi connectivity index (χ0) is 14.2. The lowest BCUT2D eigenvalue weighted by Crippen LogP contribution is -2.47. The number of rotatable bonds is 4. The Morgan fingerprint density at radius 1 is 1.45 bits per heavy atom. The van der Waals surface area contributed by atoms with Gasteiger partial charge in [0.05, 0.1) is 11.8 Å². The number of unbranched alkanes of at least 4 members (excludes halogenated alkanes) is 1. The molecule has 1 saturated heterocycles. The molecule has 0 amide bonds. The third kappa shape index (κ3) is 2.24. The van der Waals surface area contributed by atoms with Crippen LogP contribution in [0.1, 0.15) is 31.7 Å². The molecule has 2 aliphatic heterocycles. The van der Waals surface area contributed by atoms with E-state index in [9.17, 15) is 5.11 Å². The first-order valence-corrected chi connectivity index (χ1v) is 8.39. The Morgan fingerprint density at radius 2 is 2.20 bits per heavy atom. The highest BCUT2D eigenvalue weighted by Crippen LogP contribution is 2.48. The number of aliphatic imine (C=N–C) groups is 1. The van der Waals surface area contributed by atoms with Gasteiger partial charge in [-0.3, -0.25) is 4.99 Å². The van der Waals surface area contributed by atoms with Gasteiger partial charge in [-0.05, 0) is 18.6 Å². The van der Waals surface area contributed by atoms with E-state index in [0.29, 0.717) is 5.02 Å². The fourth-order valence-electron chi connectivity index (χ4n) is 2.91. The number of amidine groups is 1. The zero-order valence-electron chi connectivity index (χ0n) is 11.6. The lowest BCUT2D eigenvalue weighted by molar-refractivity contribution is -0.0674. The van der Waals surface area contributed by atoms with Gasteiger partial charge in [-0.1, -0.05) is 55.3 Å². The van der Waals surface area contributed by atoms with E-state index in [0.717, 1.165) is 43.1 Å². The molecule has 20 heavy (non-hydrogen) atoms. The minimum Gasteiger partial charge on any atom is -0.366 e. The first kappa shape index (κ1) is 14.2. The van der Waals surface area contributed by atoms with E-state index in [-0.39, 0.29) is 5.25 Å². The maximum Gasteiger partial charge on any atom is 0.178 e. The fourth-order valence-corrected chi connectivity index (χ4v) is 4.53. The van der Waals surface area contributed by atoms with Crippen LogP contribution >= 0.6 is 23.4 Å². The van der Waals surface area contributed by atoms with Gasteiger partial charge in [0.1, 0.15) is 0 Å². The van der Waals surface area contributed by atoms with Crippen LogP contribution in [0.25, 0.3) is 0 Å². The van der Waals surface area contributed by atoms with Gasteiger partial charge >= 0.3 is 0 Å². The summed E-state index contributed by atoms with van der Waals surface area (Å²) in [5.74, 6) is 0. The van der Waals surface area contributed by atoms with E-state index in [4.69, 9.17) is 11.6 Å². The smallest absolute Gasteiger partial charge is 0.178 e. The average Bonchev–Trinajstić information content (AvgIpc) is 3.00. The second kappa shape index (κ2) is 5.58. The van der Waals surface area contributed by atoms with Crippen LogP contribution in [0.4, 0.5) is 0 Å². The molecule has 2 heterocycles. The molecule has 1 fully saturated rings. The summed E-state index contributed by atoms with van der Waals surface area (Å²) in [6, 6.07) is 7.56. The Bertz CT molecular complexity index is 519. The van der Waals surface area contributed by atoms with Crippen molar-refractivity contribution in [1.82, 2.24) is 4.90 Å². The largest absolute Gasteiger partial charge is 0.366 e. The van der Waals surface area contributed by atoms with Crippen LogP contribution in [0.3, 0.4) is 0 Å². The first-order valence-electron chi connectivity index (χ1n) is 7.13. The standard InChI is InChI=1S/C15H19ClN2OS/c1-2-3-4-13-15(19,11-5-7-12(16)8-6-11)18-10-9-17-14(18)20-13/h5-8,13,19H,2-4,9-10H2,1H3. The SMILES string of the molecule is CCCCC1SC2=NCCN2C1(O)c1ccc(Cl)cc1. The summed E-state index contributed by atoms with van der Waals surface area (Å²) in [5, 5.41) is 13.2. The Labute approximate surface area is 129 Å². The summed E-state index contributed by atoms with van der Waals surface area (Å²) in [6.07, 6.45) is 3.25. The number of benzene rings is 1. The molecule has 2 atom stereocenters. The summed E-state index contributed by atoms with van der Waals surface area (Å²) in [5.41, 5.74) is -0.0256. The Morgan fingerprint density at radius 3 is 2.90 bits per heavy atom. The molecule has 5 heteroatoms. The summed E-state index contributed by atoms with van der Waals surface area (Å²) in [4.78, 5) is 6.57. The van der Waals surface area contributed by atoms with Crippen LogP contribution in [0.15, 0.2) is 29.3 Å². The molecule has 0 spiro atoms. The number of halogens is 1. The van der Waals surface area contributed by atoms with Gasteiger partial charge in [-0.25, -0.2) is 0 Å². The van der Waals surface area contributed by atoms with Crippen LogP contribution in [-0.2, 0) is 5.72 Å². The number of thioether (sulfide) groups is 1. The predicted molar refractivity (Wildman–Crippen MR) is 85.3 cm³/mol. The molecule has 108 valence electrons. The molecule has 2 aliphatic rings. The van der Waals surface area contributed by atoms with Crippen LogP contribution in [-0.4, -0.2) is 33.5 Å². The van der Waals surface area contributed by atoms with Gasteiger partial charge < -0.3 is 10.0 Å². The van der Waals surface area contributed by atoms with Crippen molar-refractivity contribution in [3.8, 4) is 0 Å². The number of nitrogens with zero attached hydrogens (tertiary/aromatic N) is 2. The fraction of sp³-hybridized carbons (Fsp3) is 0.533. The molecular weight excluding hydrogens is 292 g/mol. The first-order chi connectivity index (χ1) is 9.66. The van der Waals surface area contributed by atoms with E-state index >= 15 is 0 Å². The van der Waals surface area contributed by atoms with Crippen molar-refractivity contribution in [2.24, 2.45) is 4.99 Å². The number of hydrogen-bond acceptors (Lipinski definition) is 4. The van der Waals surface area contributed by atoms with Crippen molar-refractivity contribution in [3.05, 3.63) is 34.9 Å². The molecule has 0 bridgehead atoms. The molecule has 3 rings (SSSR count). The van der Waals surface area contributed by atoms with Gasteiger partial charge in [-0.2, -0.15) is 0 Å². The summed E-state index contributed by atoms with van der Waals surface area (Å²) >= 11 is 7.69. The molecule has 0 aromatic heterocycles. The molecule has 1 N–H and O–H groups in total. The third-order valence-corrected chi connectivity index (χ3v) is 5.66. The van der Waals surface area contributed by atoms with Gasteiger partial charge in [0.15, 0.2) is 10.9 Å². The lowest BCUT2D eigenvalue weighted by Gasteiger charge is -2.36. The van der Waals surface area contributed by atoms with E-state index < -0.39 is 5.72 Å². The van der Waals surface area contributed by atoms with Crippen molar-refractivity contribution < 1.29 is 5.11 Å². The molecule has 0 saturated carbocycles. The summed E-state index contributed by atoms with van der Waals surface area (Å²) < 4.78 is 0. The topological polar surface area (TPSA) is 35.8 Å². The van der Waals surface area contributed by atoms with Crippen molar-refractivity contribution >= 4 is 28.5 Å². The van der Waals surface area contributed by atoms with E-state index in [1.54, 1.807) is 11.8 Å². The van der Waals surface area contributed by atoms with Crippen LogP contribution in [0, 0.1) is 0 Å². The van der Waals surface area contributed by atoms with Crippen LogP contribution in [0.2, 0.25) is 5.02 Å². The van der Waals surface area contributed by atoms with Crippen molar-refractivity contribution in [2.75, 3.05) is 13.1 Å². The molecule has 0 radical (unpaired) electrons. The second-order valence-corrected chi connectivity index (χ2v) is 6.90.